The lowest BCUT2D eigenvalue weighted by Gasteiger charge is -2.30. The first kappa shape index (κ1) is 18.6. The SMILES string of the molecule is COc1ccc2nc3c(cc2c1)C=C(C(=O)c1ccc(C)cc1)C1=NCCCCN13. The summed E-state index contributed by atoms with van der Waals surface area (Å²) in [6.07, 6.45) is 3.97. The zero-order valence-corrected chi connectivity index (χ0v) is 17.2. The summed E-state index contributed by atoms with van der Waals surface area (Å²) in [5, 5.41) is 0.988. The molecule has 150 valence electrons. The van der Waals surface area contributed by atoms with Crippen LogP contribution < -0.4 is 9.64 Å². The lowest BCUT2D eigenvalue weighted by atomic mass is 9.95. The van der Waals surface area contributed by atoms with Gasteiger partial charge >= 0.3 is 0 Å². The summed E-state index contributed by atoms with van der Waals surface area (Å²) >= 11 is 0. The predicted molar refractivity (Wildman–Crippen MR) is 121 cm³/mol. The molecular formula is C25H23N3O2. The Morgan fingerprint density at radius 3 is 2.70 bits per heavy atom. The number of pyridine rings is 1. The average Bonchev–Trinajstić information content (AvgIpc) is 3.03. The van der Waals surface area contributed by atoms with Gasteiger partial charge in [0.1, 0.15) is 17.4 Å². The Labute approximate surface area is 175 Å². The predicted octanol–water partition coefficient (Wildman–Crippen LogP) is 4.83. The number of carbonyl (C=O) groups is 1. The number of amidine groups is 1. The van der Waals surface area contributed by atoms with Crippen molar-refractivity contribution in [2.75, 3.05) is 25.1 Å². The number of anilines is 1. The van der Waals surface area contributed by atoms with Gasteiger partial charge in [-0.05, 0) is 50.1 Å². The maximum absolute atomic E-state index is 13.4. The Hall–Kier alpha value is -3.47. The molecule has 5 nitrogen and oxygen atoms in total. The molecule has 1 aromatic heterocycles. The average molecular weight is 397 g/mol. The van der Waals surface area contributed by atoms with Gasteiger partial charge in [0, 0.05) is 29.6 Å². The van der Waals surface area contributed by atoms with Crippen molar-refractivity contribution in [3.63, 3.8) is 0 Å². The zero-order chi connectivity index (χ0) is 20.7. The third-order valence-electron chi connectivity index (χ3n) is 5.69. The highest BCUT2D eigenvalue weighted by molar-refractivity contribution is 6.35. The second-order valence-electron chi connectivity index (χ2n) is 7.78. The molecule has 2 aliphatic rings. The number of benzene rings is 2. The van der Waals surface area contributed by atoms with Gasteiger partial charge in [-0.15, -0.1) is 0 Å². The molecule has 0 atom stereocenters. The summed E-state index contributed by atoms with van der Waals surface area (Å²) in [4.78, 5) is 25.3. The highest BCUT2D eigenvalue weighted by Gasteiger charge is 2.31. The van der Waals surface area contributed by atoms with E-state index < -0.39 is 0 Å². The van der Waals surface area contributed by atoms with Crippen molar-refractivity contribution in [3.8, 4) is 5.75 Å². The van der Waals surface area contributed by atoms with Gasteiger partial charge in [-0.1, -0.05) is 29.8 Å². The van der Waals surface area contributed by atoms with Crippen LogP contribution in [0.15, 0.2) is 59.1 Å². The molecule has 0 amide bonds. The number of Topliss-reactive ketones (excluding diaryl/α,β-unsaturated/α-hetero) is 1. The van der Waals surface area contributed by atoms with E-state index in [-0.39, 0.29) is 5.78 Å². The number of aromatic nitrogens is 1. The maximum atomic E-state index is 13.4. The molecule has 0 unspecified atom stereocenters. The van der Waals surface area contributed by atoms with Crippen LogP contribution in [-0.4, -0.2) is 36.8 Å². The second-order valence-corrected chi connectivity index (χ2v) is 7.78. The van der Waals surface area contributed by atoms with E-state index in [2.05, 4.69) is 11.0 Å². The Morgan fingerprint density at radius 2 is 1.90 bits per heavy atom. The largest absolute Gasteiger partial charge is 0.497 e. The minimum absolute atomic E-state index is 0.00274. The summed E-state index contributed by atoms with van der Waals surface area (Å²) in [6.45, 7) is 3.55. The monoisotopic (exact) mass is 397 g/mol. The topological polar surface area (TPSA) is 54.8 Å². The first-order chi connectivity index (χ1) is 14.6. The Kier molecular flexibility index (Phi) is 4.58. The van der Waals surface area contributed by atoms with Crippen LogP contribution in [0.4, 0.5) is 5.82 Å². The number of aryl methyl sites for hydroxylation is 1. The Bertz CT molecular complexity index is 1210. The van der Waals surface area contributed by atoms with Crippen LogP contribution in [0.25, 0.3) is 17.0 Å². The van der Waals surface area contributed by atoms with E-state index in [1.807, 2.05) is 55.5 Å². The van der Waals surface area contributed by atoms with Gasteiger partial charge in [0.05, 0.1) is 18.2 Å². The van der Waals surface area contributed by atoms with E-state index in [1.54, 1.807) is 7.11 Å². The minimum Gasteiger partial charge on any atom is -0.497 e. The van der Waals surface area contributed by atoms with Crippen LogP contribution in [-0.2, 0) is 0 Å². The molecule has 2 aromatic carbocycles. The third-order valence-corrected chi connectivity index (χ3v) is 5.69. The van der Waals surface area contributed by atoms with E-state index in [9.17, 15) is 4.79 Å². The van der Waals surface area contributed by atoms with Gasteiger partial charge in [-0.25, -0.2) is 4.98 Å². The number of fused-ring (bicyclic) bond motifs is 4. The van der Waals surface area contributed by atoms with Crippen molar-refractivity contribution in [3.05, 3.63) is 70.8 Å². The summed E-state index contributed by atoms with van der Waals surface area (Å²) in [6, 6.07) is 15.7. The molecule has 30 heavy (non-hydrogen) atoms. The number of carbonyl (C=O) groups excluding carboxylic acids is 1. The molecule has 5 heteroatoms. The first-order valence-electron chi connectivity index (χ1n) is 10.3. The van der Waals surface area contributed by atoms with Crippen LogP contribution in [0.5, 0.6) is 5.75 Å². The van der Waals surface area contributed by atoms with Gasteiger partial charge in [-0.2, -0.15) is 0 Å². The van der Waals surface area contributed by atoms with Crippen molar-refractivity contribution in [1.82, 2.24) is 4.98 Å². The number of ether oxygens (including phenoxy) is 1. The van der Waals surface area contributed by atoms with Gasteiger partial charge in [0.15, 0.2) is 5.78 Å². The number of ketones is 1. The van der Waals surface area contributed by atoms with E-state index in [4.69, 9.17) is 14.7 Å². The maximum Gasteiger partial charge on any atom is 0.196 e. The molecule has 2 aliphatic heterocycles. The Morgan fingerprint density at radius 1 is 1.07 bits per heavy atom. The molecule has 3 heterocycles. The molecule has 0 saturated carbocycles. The van der Waals surface area contributed by atoms with Crippen molar-refractivity contribution >= 4 is 34.4 Å². The molecule has 3 aromatic rings. The zero-order valence-electron chi connectivity index (χ0n) is 17.2. The first-order valence-corrected chi connectivity index (χ1v) is 10.3. The van der Waals surface area contributed by atoms with Crippen molar-refractivity contribution in [2.45, 2.75) is 19.8 Å². The lowest BCUT2D eigenvalue weighted by molar-refractivity contribution is 0.104. The molecule has 0 aliphatic carbocycles. The van der Waals surface area contributed by atoms with E-state index in [1.165, 1.54) is 0 Å². The van der Waals surface area contributed by atoms with Crippen molar-refractivity contribution in [1.29, 1.82) is 0 Å². The van der Waals surface area contributed by atoms with E-state index in [0.717, 1.165) is 65.4 Å². The summed E-state index contributed by atoms with van der Waals surface area (Å²) < 4.78 is 5.37. The minimum atomic E-state index is -0.00274. The standard InChI is InChI=1S/C25H23N3O2/c1-16-5-7-17(8-6-16)23(29)21-15-19-13-18-14-20(30-2)9-10-22(18)27-24(19)28-12-4-3-11-26-25(21)28/h5-10,13-15H,3-4,11-12H2,1-2H3. The van der Waals surface area contributed by atoms with Crippen LogP contribution >= 0.6 is 0 Å². The van der Waals surface area contributed by atoms with Crippen LogP contribution in [0, 0.1) is 6.92 Å². The van der Waals surface area contributed by atoms with Gasteiger partial charge < -0.3 is 9.64 Å². The molecule has 0 N–H and O–H groups in total. The van der Waals surface area contributed by atoms with Crippen molar-refractivity contribution < 1.29 is 9.53 Å². The molecule has 0 spiro atoms. The number of methoxy groups -OCH3 is 1. The smallest absolute Gasteiger partial charge is 0.196 e. The second kappa shape index (κ2) is 7.41. The Balaban J connectivity index is 1.69. The fourth-order valence-electron chi connectivity index (χ4n) is 4.05. The fourth-order valence-corrected chi connectivity index (χ4v) is 4.05. The fraction of sp³-hybridized carbons (Fsp3) is 0.240. The third kappa shape index (κ3) is 3.16. The van der Waals surface area contributed by atoms with Crippen molar-refractivity contribution in [2.24, 2.45) is 4.99 Å². The molecule has 0 fully saturated rings. The van der Waals surface area contributed by atoms with Crippen LogP contribution in [0.1, 0.15) is 34.3 Å². The number of nitrogens with zero attached hydrogens (tertiary/aromatic N) is 3. The quantitative estimate of drug-likeness (QED) is 0.594. The molecular weight excluding hydrogens is 374 g/mol. The summed E-state index contributed by atoms with van der Waals surface area (Å²) in [5.74, 6) is 2.40. The molecule has 0 radical (unpaired) electrons. The van der Waals surface area contributed by atoms with Crippen LogP contribution in [0.3, 0.4) is 0 Å². The molecule has 0 bridgehead atoms. The molecule has 5 rings (SSSR count). The van der Waals surface area contributed by atoms with Crippen LogP contribution in [0.2, 0.25) is 0 Å². The molecule has 0 saturated heterocycles. The van der Waals surface area contributed by atoms with E-state index >= 15 is 0 Å². The summed E-state index contributed by atoms with van der Waals surface area (Å²) in [7, 11) is 1.66. The number of rotatable bonds is 3. The van der Waals surface area contributed by atoms with E-state index in [0.29, 0.717) is 11.1 Å². The van der Waals surface area contributed by atoms with Gasteiger partial charge in [0.25, 0.3) is 0 Å². The highest BCUT2D eigenvalue weighted by Crippen LogP contribution is 2.34. The lowest BCUT2D eigenvalue weighted by Crippen LogP contribution is -2.38. The van der Waals surface area contributed by atoms with Gasteiger partial charge in [0.2, 0.25) is 0 Å². The highest BCUT2D eigenvalue weighted by atomic mass is 16.5. The number of hydrogen-bond acceptors (Lipinski definition) is 5. The number of aliphatic imine (C=N–C) groups is 1. The summed E-state index contributed by atoms with van der Waals surface area (Å²) in [5.41, 5.74) is 4.29. The van der Waals surface area contributed by atoms with Gasteiger partial charge in [-0.3, -0.25) is 9.79 Å². The normalized spacial score (nSPS) is 15.6. The number of hydrogen-bond donors (Lipinski definition) is 0.